The van der Waals surface area contributed by atoms with Gasteiger partial charge in [0.05, 0.1) is 11.9 Å². The molecule has 1 atom stereocenters. The first-order valence-corrected chi connectivity index (χ1v) is 6.88. The van der Waals surface area contributed by atoms with E-state index < -0.39 is 16.5 Å². The third kappa shape index (κ3) is 3.12. The molecule has 2 aromatic rings. The lowest BCUT2D eigenvalue weighted by Crippen LogP contribution is -2.05. The minimum Gasteiger partial charge on any atom is -0.481 e. The third-order valence-corrected chi connectivity index (χ3v) is 3.71. The molecule has 0 aliphatic heterocycles. The monoisotopic (exact) mass is 342 g/mol. The Morgan fingerprint density at radius 3 is 2.75 bits per heavy atom. The molecule has 20 heavy (non-hydrogen) atoms. The molecule has 0 N–H and O–H groups in total. The van der Waals surface area contributed by atoms with Crippen LogP contribution in [0.15, 0.2) is 24.5 Å². The topological polar surface area (TPSA) is 35.0 Å². The molecule has 3 nitrogen and oxygen atoms in total. The standard InChI is InChI=1S/C14H13BrF2N2O/c1-8-3-4-11(16)13(14(8)17)10(15)5-9-6-12(20-2)19-7-18-9/h3-4,6-7,10H,5H2,1-2H3. The van der Waals surface area contributed by atoms with Crippen LogP contribution in [-0.2, 0) is 6.42 Å². The van der Waals surface area contributed by atoms with Gasteiger partial charge in [-0.1, -0.05) is 22.0 Å². The van der Waals surface area contributed by atoms with E-state index in [1.807, 2.05) is 0 Å². The van der Waals surface area contributed by atoms with E-state index in [1.165, 1.54) is 25.6 Å². The summed E-state index contributed by atoms with van der Waals surface area (Å²) in [5.74, 6) is -0.691. The highest BCUT2D eigenvalue weighted by Crippen LogP contribution is 2.32. The highest BCUT2D eigenvalue weighted by Gasteiger charge is 2.20. The summed E-state index contributed by atoms with van der Waals surface area (Å²) in [6, 6.07) is 4.32. The fraction of sp³-hybridized carbons (Fsp3) is 0.286. The van der Waals surface area contributed by atoms with Gasteiger partial charge < -0.3 is 4.74 Å². The summed E-state index contributed by atoms with van der Waals surface area (Å²) in [5.41, 5.74) is 1.06. The molecule has 2 rings (SSSR count). The van der Waals surface area contributed by atoms with Gasteiger partial charge in [-0.2, -0.15) is 0 Å². The Morgan fingerprint density at radius 2 is 2.05 bits per heavy atom. The van der Waals surface area contributed by atoms with Gasteiger partial charge in [-0.25, -0.2) is 18.7 Å². The third-order valence-electron chi connectivity index (χ3n) is 2.93. The molecular formula is C14H13BrF2N2O. The van der Waals surface area contributed by atoms with Crippen LogP contribution in [0.2, 0.25) is 0 Å². The number of benzene rings is 1. The number of hydrogen-bond acceptors (Lipinski definition) is 3. The summed E-state index contributed by atoms with van der Waals surface area (Å²) < 4.78 is 32.8. The normalized spacial score (nSPS) is 12.2. The number of ether oxygens (including phenoxy) is 1. The Kier molecular flexibility index (Phi) is 4.65. The Labute approximate surface area is 124 Å². The van der Waals surface area contributed by atoms with Crippen molar-refractivity contribution in [2.75, 3.05) is 7.11 Å². The number of nitrogens with zero attached hydrogens (tertiary/aromatic N) is 2. The fourth-order valence-corrected chi connectivity index (χ4v) is 2.60. The maximum absolute atomic E-state index is 14.0. The zero-order valence-electron chi connectivity index (χ0n) is 11.0. The highest BCUT2D eigenvalue weighted by atomic mass is 79.9. The largest absolute Gasteiger partial charge is 0.481 e. The Morgan fingerprint density at radius 1 is 1.30 bits per heavy atom. The van der Waals surface area contributed by atoms with Crippen LogP contribution in [0.1, 0.15) is 21.6 Å². The number of rotatable bonds is 4. The van der Waals surface area contributed by atoms with Gasteiger partial charge in [-0.3, -0.25) is 0 Å². The first kappa shape index (κ1) is 14.8. The smallest absolute Gasteiger partial charge is 0.216 e. The summed E-state index contributed by atoms with van der Waals surface area (Å²) in [6.07, 6.45) is 1.69. The zero-order valence-corrected chi connectivity index (χ0v) is 12.6. The SMILES string of the molecule is COc1cc(CC(Br)c2c(F)ccc(C)c2F)ncn1. The van der Waals surface area contributed by atoms with Gasteiger partial charge in [0.2, 0.25) is 5.88 Å². The quantitative estimate of drug-likeness (QED) is 0.793. The van der Waals surface area contributed by atoms with Crippen molar-refractivity contribution >= 4 is 15.9 Å². The van der Waals surface area contributed by atoms with Crippen molar-refractivity contribution in [2.45, 2.75) is 18.2 Å². The zero-order chi connectivity index (χ0) is 14.7. The molecule has 0 spiro atoms. The van der Waals surface area contributed by atoms with E-state index in [0.717, 1.165) is 0 Å². The van der Waals surface area contributed by atoms with E-state index in [4.69, 9.17) is 4.74 Å². The van der Waals surface area contributed by atoms with Crippen molar-refractivity contribution < 1.29 is 13.5 Å². The van der Waals surface area contributed by atoms with Crippen molar-refractivity contribution in [1.82, 2.24) is 9.97 Å². The number of methoxy groups -OCH3 is 1. The van der Waals surface area contributed by atoms with Crippen LogP contribution < -0.4 is 4.74 Å². The molecule has 0 amide bonds. The van der Waals surface area contributed by atoms with Gasteiger partial charge >= 0.3 is 0 Å². The van der Waals surface area contributed by atoms with Crippen molar-refractivity contribution in [1.29, 1.82) is 0 Å². The van der Waals surface area contributed by atoms with E-state index in [-0.39, 0.29) is 5.56 Å². The average molecular weight is 343 g/mol. The van der Waals surface area contributed by atoms with Crippen molar-refractivity contribution in [3.8, 4) is 5.88 Å². The van der Waals surface area contributed by atoms with Gasteiger partial charge in [-0.05, 0) is 18.6 Å². The van der Waals surface area contributed by atoms with Gasteiger partial charge in [0.1, 0.15) is 18.0 Å². The number of hydrogen-bond donors (Lipinski definition) is 0. The lowest BCUT2D eigenvalue weighted by molar-refractivity contribution is 0.396. The summed E-state index contributed by atoms with van der Waals surface area (Å²) in [7, 11) is 1.50. The summed E-state index contributed by atoms with van der Waals surface area (Å²) in [6.45, 7) is 1.60. The molecule has 0 saturated heterocycles. The lowest BCUT2D eigenvalue weighted by atomic mass is 10.0. The summed E-state index contributed by atoms with van der Waals surface area (Å²) in [5, 5.41) is 0. The molecule has 6 heteroatoms. The molecule has 0 aliphatic rings. The van der Waals surface area contributed by atoms with E-state index in [9.17, 15) is 8.78 Å². The Hall–Kier alpha value is -1.56. The van der Waals surface area contributed by atoms with E-state index in [1.54, 1.807) is 13.0 Å². The summed E-state index contributed by atoms with van der Waals surface area (Å²) in [4.78, 5) is 7.45. The predicted molar refractivity (Wildman–Crippen MR) is 75.1 cm³/mol. The van der Waals surface area contributed by atoms with Crippen LogP contribution in [0.4, 0.5) is 8.78 Å². The second-order valence-corrected chi connectivity index (χ2v) is 5.42. The molecule has 0 bridgehead atoms. The van der Waals surface area contributed by atoms with Crippen LogP contribution in [-0.4, -0.2) is 17.1 Å². The first-order chi connectivity index (χ1) is 9.52. The minimum atomic E-state index is -0.573. The molecule has 1 aromatic heterocycles. The minimum absolute atomic E-state index is 0.0163. The Bertz CT molecular complexity index is 622. The molecule has 0 fully saturated rings. The first-order valence-electron chi connectivity index (χ1n) is 5.96. The number of alkyl halides is 1. The van der Waals surface area contributed by atoms with Crippen LogP contribution in [0.3, 0.4) is 0 Å². The molecule has 0 saturated carbocycles. The van der Waals surface area contributed by atoms with Gasteiger partial charge in [-0.15, -0.1) is 0 Å². The van der Waals surface area contributed by atoms with Gasteiger partial charge in [0.25, 0.3) is 0 Å². The van der Waals surface area contributed by atoms with E-state index in [0.29, 0.717) is 23.6 Å². The highest BCUT2D eigenvalue weighted by molar-refractivity contribution is 9.09. The molecular weight excluding hydrogens is 330 g/mol. The molecule has 1 unspecified atom stereocenters. The number of aromatic nitrogens is 2. The van der Waals surface area contributed by atoms with Crippen LogP contribution >= 0.6 is 15.9 Å². The van der Waals surface area contributed by atoms with Crippen molar-refractivity contribution in [3.05, 3.63) is 53.0 Å². The molecule has 1 heterocycles. The van der Waals surface area contributed by atoms with Crippen LogP contribution in [0.25, 0.3) is 0 Å². The van der Waals surface area contributed by atoms with Crippen molar-refractivity contribution in [2.24, 2.45) is 0 Å². The lowest BCUT2D eigenvalue weighted by Gasteiger charge is -2.13. The molecule has 1 aromatic carbocycles. The van der Waals surface area contributed by atoms with Crippen molar-refractivity contribution in [3.63, 3.8) is 0 Å². The predicted octanol–water partition coefficient (Wildman–Crippen LogP) is 3.75. The summed E-state index contributed by atoms with van der Waals surface area (Å²) >= 11 is 3.32. The average Bonchev–Trinajstić information content (AvgIpc) is 2.43. The molecule has 0 radical (unpaired) electrons. The second kappa shape index (κ2) is 6.26. The van der Waals surface area contributed by atoms with Crippen LogP contribution in [0, 0.1) is 18.6 Å². The number of aryl methyl sites for hydroxylation is 1. The van der Waals surface area contributed by atoms with Gasteiger partial charge in [0.15, 0.2) is 0 Å². The second-order valence-electron chi connectivity index (χ2n) is 4.32. The Balaban J connectivity index is 2.28. The molecule has 106 valence electrons. The van der Waals surface area contributed by atoms with E-state index >= 15 is 0 Å². The maximum atomic E-state index is 14.0. The molecule has 0 aliphatic carbocycles. The number of halogens is 3. The van der Waals surface area contributed by atoms with Gasteiger partial charge in [0, 0.05) is 23.7 Å². The fourth-order valence-electron chi connectivity index (χ4n) is 1.85. The maximum Gasteiger partial charge on any atom is 0.216 e. The van der Waals surface area contributed by atoms with Crippen LogP contribution in [0.5, 0.6) is 5.88 Å². The van der Waals surface area contributed by atoms with E-state index in [2.05, 4.69) is 25.9 Å².